The van der Waals surface area contributed by atoms with E-state index in [9.17, 15) is 0 Å². The topological polar surface area (TPSA) is 54.7 Å². The summed E-state index contributed by atoms with van der Waals surface area (Å²) in [4.78, 5) is 8.68. The normalized spacial score (nSPS) is 14.9. The standard InChI is InChI=1S/C11H15N3S2/c1-7-3-6-15-9(7)10(8(2)12)16-11-13-4-5-14-11/h3-6,8,10H,12H2,1-2H3,(H,13,14). The maximum atomic E-state index is 6.06. The van der Waals surface area contributed by atoms with Crippen molar-refractivity contribution in [2.45, 2.75) is 30.3 Å². The van der Waals surface area contributed by atoms with E-state index in [1.807, 2.05) is 13.1 Å². The fourth-order valence-corrected chi connectivity index (χ4v) is 3.85. The van der Waals surface area contributed by atoms with Gasteiger partial charge < -0.3 is 10.7 Å². The van der Waals surface area contributed by atoms with Gasteiger partial charge in [0.05, 0.1) is 5.25 Å². The maximum absolute atomic E-state index is 6.06. The molecular formula is C11H15N3S2. The third kappa shape index (κ3) is 2.48. The number of aromatic nitrogens is 2. The average Bonchev–Trinajstić information content (AvgIpc) is 2.85. The highest BCUT2D eigenvalue weighted by atomic mass is 32.2. The molecule has 0 aliphatic rings. The van der Waals surface area contributed by atoms with Crippen LogP contribution in [0.2, 0.25) is 0 Å². The van der Waals surface area contributed by atoms with Crippen molar-refractivity contribution in [1.29, 1.82) is 0 Å². The van der Waals surface area contributed by atoms with Crippen molar-refractivity contribution in [3.05, 3.63) is 34.3 Å². The smallest absolute Gasteiger partial charge is 0.165 e. The monoisotopic (exact) mass is 253 g/mol. The van der Waals surface area contributed by atoms with Gasteiger partial charge in [0, 0.05) is 23.3 Å². The van der Waals surface area contributed by atoms with E-state index < -0.39 is 0 Å². The van der Waals surface area contributed by atoms with E-state index in [1.165, 1.54) is 10.4 Å². The Kier molecular flexibility index (Phi) is 3.68. The molecule has 2 aromatic rings. The minimum absolute atomic E-state index is 0.104. The lowest BCUT2D eigenvalue weighted by Gasteiger charge is -2.18. The molecule has 16 heavy (non-hydrogen) atoms. The van der Waals surface area contributed by atoms with Crippen LogP contribution in [0.1, 0.15) is 22.6 Å². The first-order chi connectivity index (χ1) is 7.68. The Hall–Kier alpha value is -0.780. The van der Waals surface area contributed by atoms with Gasteiger partial charge in [0.1, 0.15) is 0 Å². The Morgan fingerprint density at radius 3 is 2.88 bits per heavy atom. The molecule has 0 aliphatic heterocycles. The fourth-order valence-electron chi connectivity index (χ4n) is 1.51. The molecule has 3 nitrogen and oxygen atoms in total. The van der Waals surface area contributed by atoms with E-state index in [2.05, 4.69) is 28.3 Å². The van der Waals surface area contributed by atoms with Crippen LogP contribution in [-0.2, 0) is 0 Å². The molecule has 2 unspecified atom stereocenters. The first-order valence-corrected chi connectivity index (χ1v) is 6.90. The maximum Gasteiger partial charge on any atom is 0.165 e. The highest BCUT2D eigenvalue weighted by Crippen LogP contribution is 2.39. The van der Waals surface area contributed by atoms with Gasteiger partial charge in [-0.15, -0.1) is 11.3 Å². The number of aromatic amines is 1. The van der Waals surface area contributed by atoms with E-state index in [0.29, 0.717) is 0 Å². The number of nitrogens with zero attached hydrogens (tertiary/aromatic N) is 1. The van der Waals surface area contributed by atoms with Crippen LogP contribution >= 0.6 is 23.1 Å². The number of aryl methyl sites for hydroxylation is 1. The molecule has 0 aromatic carbocycles. The Balaban J connectivity index is 2.21. The zero-order valence-corrected chi connectivity index (χ0v) is 10.9. The first-order valence-electron chi connectivity index (χ1n) is 5.14. The molecule has 0 amide bonds. The summed E-state index contributed by atoms with van der Waals surface area (Å²) in [6.45, 7) is 4.17. The van der Waals surface area contributed by atoms with Crippen molar-refractivity contribution >= 4 is 23.1 Å². The summed E-state index contributed by atoms with van der Waals surface area (Å²) in [5, 5.41) is 3.31. The van der Waals surface area contributed by atoms with Gasteiger partial charge in [0.2, 0.25) is 0 Å². The zero-order valence-electron chi connectivity index (χ0n) is 9.31. The molecule has 5 heteroatoms. The number of imidazole rings is 1. The van der Waals surface area contributed by atoms with Crippen molar-refractivity contribution in [2.75, 3.05) is 0 Å². The molecule has 0 aliphatic carbocycles. The fraction of sp³-hybridized carbons (Fsp3) is 0.364. The molecular weight excluding hydrogens is 238 g/mol. The second-order valence-electron chi connectivity index (χ2n) is 3.76. The number of thioether (sulfide) groups is 1. The van der Waals surface area contributed by atoms with Crippen LogP contribution in [0.3, 0.4) is 0 Å². The number of nitrogens with two attached hydrogens (primary N) is 1. The van der Waals surface area contributed by atoms with Crippen LogP contribution in [0.5, 0.6) is 0 Å². The number of H-pyrrole nitrogens is 1. The number of rotatable bonds is 4. The summed E-state index contributed by atoms with van der Waals surface area (Å²) in [6, 6.07) is 2.24. The molecule has 0 bridgehead atoms. The van der Waals surface area contributed by atoms with E-state index in [4.69, 9.17) is 5.73 Å². The van der Waals surface area contributed by atoms with Crippen molar-refractivity contribution in [3.8, 4) is 0 Å². The lowest BCUT2D eigenvalue weighted by atomic mass is 10.1. The average molecular weight is 253 g/mol. The Morgan fingerprint density at radius 2 is 2.38 bits per heavy atom. The van der Waals surface area contributed by atoms with Crippen LogP contribution in [0, 0.1) is 6.92 Å². The third-order valence-corrected chi connectivity index (χ3v) is 4.97. The number of hydrogen-bond donors (Lipinski definition) is 2. The molecule has 0 saturated carbocycles. The number of nitrogens with one attached hydrogen (secondary N) is 1. The van der Waals surface area contributed by atoms with Gasteiger partial charge in [-0.2, -0.15) is 0 Å². The summed E-state index contributed by atoms with van der Waals surface area (Å²) in [6.07, 6.45) is 3.60. The van der Waals surface area contributed by atoms with Gasteiger partial charge >= 0.3 is 0 Å². The van der Waals surface area contributed by atoms with Crippen molar-refractivity contribution in [2.24, 2.45) is 5.73 Å². The van der Waals surface area contributed by atoms with Gasteiger partial charge in [0.15, 0.2) is 5.16 Å². The van der Waals surface area contributed by atoms with Crippen LogP contribution in [0.25, 0.3) is 0 Å². The van der Waals surface area contributed by atoms with Crippen LogP contribution < -0.4 is 5.73 Å². The molecule has 0 radical (unpaired) electrons. The summed E-state index contributed by atoms with van der Waals surface area (Å²) >= 11 is 3.46. The zero-order chi connectivity index (χ0) is 11.5. The van der Waals surface area contributed by atoms with E-state index in [1.54, 1.807) is 29.3 Å². The second kappa shape index (κ2) is 5.03. The van der Waals surface area contributed by atoms with Crippen LogP contribution in [0.15, 0.2) is 29.0 Å². The predicted molar refractivity (Wildman–Crippen MR) is 69.9 cm³/mol. The molecule has 2 heterocycles. The number of thiophene rings is 1. The summed E-state index contributed by atoms with van der Waals surface area (Å²) in [5.41, 5.74) is 7.37. The molecule has 2 rings (SSSR count). The number of hydrogen-bond acceptors (Lipinski definition) is 4. The lowest BCUT2D eigenvalue weighted by molar-refractivity contribution is 0.725. The van der Waals surface area contributed by atoms with Crippen LogP contribution in [-0.4, -0.2) is 16.0 Å². The van der Waals surface area contributed by atoms with Gasteiger partial charge in [0.25, 0.3) is 0 Å². The third-order valence-electron chi connectivity index (χ3n) is 2.35. The molecule has 0 saturated heterocycles. The van der Waals surface area contributed by atoms with E-state index in [-0.39, 0.29) is 11.3 Å². The molecule has 86 valence electrons. The lowest BCUT2D eigenvalue weighted by Crippen LogP contribution is -2.22. The molecule has 3 N–H and O–H groups in total. The quantitative estimate of drug-likeness (QED) is 0.824. The van der Waals surface area contributed by atoms with Gasteiger partial charge in [-0.25, -0.2) is 4.98 Å². The molecule has 0 fully saturated rings. The van der Waals surface area contributed by atoms with Crippen molar-refractivity contribution in [3.63, 3.8) is 0 Å². The minimum Gasteiger partial charge on any atom is -0.340 e. The highest BCUT2D eigenvalue weighted by Gasteiger charge is 2.21. The first kappa shape index (κ1) is 11.7. The minimum atomic E-state index is 0.104. The summed E-state index contributed by atoms with van der Waals surface area (Å²) in [5.74, 6) is 0. The van der Waals surface area contributed by atoms with Gasteiger partial charge in [-0.3, -0.25) is 0 Å². The Morgan fingerprint density at radius 1 is 1.56 bits per heavy atom. The van der Waals surface area contributed by atoms with E-state index >= 15 is 0 Å². The van der Waals surface area contributed by atoms with Gasteiger partial charge in [-0.1, -0.05) is 11.8 Å². The predicted octanol–water partition coefficient (Wildman–Crippen LogP) is 2.96. The molecule has 2 aromatic heterocycles. The molecule has 2 atom stereocenters. The Labute approximate surface area is 103 Å². The van der Waals surface area contributed by atoms with Crippen molar-refractivity contribution in [1.82, 2.24) is 9.97 Å². The highest BCUT2D eigenvalue weighted by molar-refractivity contribution is 7.99. The summed E-state index contributed by atoms with van der Waals surface area (Å²) < 4.78 is 0. The van der Waals surface area contributed by atoms with E-state index in [0.717, 1.165) is 5.16 Å². The largest absolute Gasteiger partial charge is 0.340 e. The Bertz CT molecular complexity index is 434. The van der Waals surface area contributed by atoms with Crippen LogP contribution in [0.4, 0.5) is 0 Å². The summed E-state index contributed by atoms with van der Waals surface area (Å²) in [7, 11) is 0. The van der Waals surface area contributed by atoms with Crippen molar-refractivity contribution < 1.29 is 0 Å². The second-order valence-corrected chi connectivity index (χ2v) is 5.84. The van der Waals surface area contributed by atoms with Gasteiger partial charge in [-0.05, 0) is 30.9 Å². The molecule has 0 spiro atoms. The SMILES string of the molecule is Cc1ccsc1C(Sc1ncc[nH]1)C(C)N.